The molecule has 5 rings (SSSR count). The number of nitrogens with one attached hydrogen (secondary N) is 1. The summed E-state index contributed by atoms with van der Waals surface area (Å²) in [7, 11) is 0. The minimum Gasteiger partial charge on any atom is -0.491 e. The molecule has 2 heterocycles. The number of benzene rings is 2. The highest BCUT2D eigenvalue weighted by Crippen LogP contribution is 2.34. The van der Waals surface area contributed by atoms with Crippen LogP contribution in [-0.2, 0) is 6.54 Å². The van der Waals surface area contributed by atoms with E-state index in [9.17, 15) is 4.39 Å². The van der Waals surface area contributed by atoms with Gasteiger partial charge >= 0.3 is 0 Å². The molecule has 6 heteroatoms. The summed E-state index contributed by atoms with van der Waals surface area (Å²) in [6, 6.07) is 8.28. The Balaban J connectivity index is 1.55. The standard InChI is InChI=1S/C28H37FN4O/c1-19-13-24-27(25(14-19)34-18-22-7-5-4-6-8-22)31-28(32-11-9-30-10-12-32)33(24)17-23-15-20(2)26(29)21(3)16-23/h13-16,22,30H,4-12,17-18H2,1-3H3. The number of hydrogen-bond donors (Lipinski definition) is 1. The van der Waals surface area contributed by atoms with Gasteiger partial charge in [-0.25, -0.2) is 9.37 Å². The first kappa shape index (κ1) is 23.2. The highest BCUT2D eigenvalue weighted by molar-refractivity contribution is 5.86. The van der Waals surface area contributed by atoms with Gasteiger partial charge in [-0.3, -0.25) is 0 Å². The zero-order valence-electron chi connectivity index (χ0n) is 20.8. The molecular formula is C28H37FN4O. The van der Waals surface area contributed by atoms with Crippen LogP contribution in [0, 0.1) is 32.5 Å². The predicted molar refractivity (Wildman–Crippen MR) is 137 cm³/mol. The van der Waals surface area contributed by atoms with E-state index in [1.54, 1.807) is 0 Å². The minimum absolute atomic E-state index is 0.115. The Morgan fingerprint density at radius 1 is 1.00 bits per heavy atom. The molecule has 0 unspecified atom stereocenters. The van der Waals surface area contributed by atoms with E-state index in [1.807, 2.05) is 26.0 Å². The first-order chi connectivity index (χ1) is 16.5. The van der Waals surface area contributed by atoms with E-state index >= 15 is 0 Å². The van der Waals surface area contributed by atoms with Crippen molar-refractivity contribution in [2.75, 3.05) is 37.7 Å². The highest BCUT2D eigenvalue weighted by Gasteiger charge is 2.23. The molecule has 0 spiro atoms. The van der Waals surface area contributed by atoms with Crippen LogP contribution in [0.3, 0.4) is 0 Å². The molecule has 34 heavy (non-hydrogen) atoms. The summed E-state index contributed by atoms with van der Waals surface area (Å²) in [5.74, 6) is 2.39. The third-order valence-electron chi connectivity index (χ3n) is 7.38. The third kappa shape index (κ3) is 4.78. The number of piperazine rings is 1. The molecule has 1 aliphatic heterocycles. The predicted octanol–water partition coefficient (Wildman–Crippen LogP) is 5.52. The van der Waals surface area contributed by atoms with Gasteiger partial charge in [-0.05, 0) is 73.9 Å². The Bertz CT molecular complexity index is 1140. The highest BCUT2D eigenvalue weighted by atomic mass is 19.1. The normalized spacial score (nSPS) is 17.5. The number of aromatic nitrogens is 2. The zero-order valence-corrected chi connectivity index (χ0v) is 20.8. The molecule has 0 amide bonds. The van der Waals surface area contributed by atoms with Crippen LogP contribution < -0.4 is 15.0 Å². The van der Waals surface area contributed by atoms with Crippen LogP contribution in [0.4, 0.5) is 10.3 Å². The van der Waals surface area contributed by atoms with Crippen LogP contribution >= 0.6 is 0 Å². The van der Waals surface area contributed by atoms with Gasteiger partial charge in [-0.15, -0.1) is 0 Å². The number of rotatable bonds is 6. The molecule has 0 radical (unpaired) electrons. The number of hydrogen-bond acceptors (Lipinski definition) is 4. The molecule has 1 aromatic heterocycles. The second-order valence-electron chi connectivity index (χ2n) is 10.2. The van der Waals surface area contributed by atoms with E-state index in [0.717, 1.165) is 61.1 Å². The number of halogens is 1. The summed E-state index contributed by atoms with van der Waals surface area (Å²) >= 11 is 0. The van der Waals surface area contributed by atoms with E-state index in [-0.39, 0.29) is 5.82 Å². The van der Waals surface area contributed by atoms with Gasteiger partial charge in [-0.2, -0.15) is 0 Å². The Labute approximate surface area is 202 Å². The smallest absolute Gasteiger partial charge is 0.207 e. The third-order valence-corrected chi connectivity index (χ3v) is 7.38. The van der Waals surface area contributed by atoms with Gasteiger partial charge in [0.1, 0.15) is 17.1 Å². The number of imidazole rings is 1. The van der Waals surface area contributed by atoms with Crippen LogP contribution in [0.15, 0.2) is 24.3 Å². The molecule has 0 bridgehead atoms. The van der Waals surface area contributed by atoms with Crippen molar-refractivity contribution >= 4 is 17.0 Å². The van der Waals surface area contributed by atoms with Crippen molar-refractivity contribution < 1.29 is 9.13 Å². The van der Waals surface area contributed by atoms with Gasteiger partial charge in [0, 0.05) is 26.2 Å². The SMILES string of the molecule is Cc1cc(OCC2CCCCC2)c2nc(N3CCNCC3)n(Cc3cc(C)c(F)c(C)c3)c2c1. The molecule has 5 nitrogen and oxygen atoms in total. The zero-order chi connectivity index (χ0) is 23.7. The maximum Gasteiger partial charge on any atom is 0.207 e. The number of anilines is 1. The summed E-state index contributed by atoms with van der Waals surface area (Å²) in [5, 5.41) is 3.44. The topological polar surface area (TPSA) is 42.3 Å². The van der Waals surface area contributed by atoms with Gasteiger partial charge in [0.2, 0.25) is 5.95 Å². The van der Waals surface area contributed by atoms with Crippen LogP contribution in [0.25, 0.3) is 11.0 Å². The molecule has 1 aliphatic carbocycles. The van der Waals surface area contributed by atoms with Gasteiger partial charge in [-0.1, -0.05) is 31.4 Å². The first-order valence-electron chi connectivity index (χ1n) is 12.8. The summed E-state index contributed by atoms with van der Waals surface area (Å²) < 4.78 is 23.0. The van der Waals surface area contributed by atoms with Crippen molar-refractivity contribution in [1.29, 1.82) is 0 Å². The molecule has 0 atom stereocenters. The molecule has 182 valence electrons. The van der Waals surface area contributed by atoms with Crippen molar-refractivity contribution in [3.8, 4) is 5.75 Å². The van der Waals surface area contributed by atoms with Crippen molar-refractivity contribution in [3.63, 3.8) is 0 Å². The summed E-state index contributed by atoms with van der Waals surface area (Å²) in [5.41, 5.74) is 5.67. The van der Waals surface area contributed by atoms with Crippen molar-refractivity contribution in [2.45, 2.75) is 59.4 Å². The van der Waals surface area contributed by atoms with E-state index in [4.69, 9.17) is 9.72 Å². The fraction of sp³-hybridized carbons (Fsp3) is 0.536. The maximum atomic E-state index is 14.3. The van der Waals surface area contributed by atoms with Crippen LogP contribution in [0.2, 0.25) is 0 Å². The Hall–Kier alpha value is -2.60. The lowest BCUT2D eigenvalue weighted by atomic mass is 9.90. The van der Waals surface area contributed by atoms with E-state index < -0.39 is 0 Å². The second-order valence-corrected chi connectivity index (χ2v) is 10.2. The van der Waals surface area contributed by atoms with Crippen molar-refractivity contribution in [1.82, 2.24) is 14.9 Å². The number of nitrogens with zero attached hydrogens (tertiary/aromatic N) is 3. The van der Waals surface area contributed by atoms with E-state index in [1.165, 1.54) is 37.7 Å². The van der Waals surface area contributed by atoms with E-state index in [0.29, 0.717) is 23.6 Å². The quantitative estimate of drug-likeness (QED) is 0.522. The Kier molecular flexibility index (Phi) is 6.77. The largest absolute Gasteiger partial charge is 0.491 e. The van der Waals surface area contributed by atoms with Crippen LogP contribution in [0.5, 0.6) is 5.75 Å². The fourth-order valence-electron chi connectivity index (χ4n) is 5.56. The van der Waals surface area contributed by atoms with Gasteiger partial charge in [0.25, 0.3) is 0 Å². The number of aryl methyl sites for hydroxylation is 3. The summed E-state index contributed by atoms with van der Waals surface area (Å²) in [4.78, 5) is 7.52. The van der Waals surface area contributed by atoms with Crippen molar-refractivity contribution in [3.05, 3.63) is 52.3 Å². The second kappa shape index (κ2) is 9.95. The molecular weight excluding hydrogens is 427 g/mol. The molecule has 1 saturated heterocycles. The van der Waals surface area contributed by atoms with Crippen LogP contribution in [0.1, 0.15) is 54.4 Å². The monoisotopic (exact) mass is 464 g/mol. The van der Waals surface area contributed by atoms with Gasteiger partial charge in [0.15, 0.2) is 0 Å². The molecule has 2 aliphatic rings. The molecule has 3 aromatic rings. The molecule has 1 N–H and O–H groups in total. The average Bonchev–Trinajstić information content (AvgIpc) is 3.20. The van der Waals surface area contributed by atoms with Gasteiger partial charge in [0.05, 0.1) is 18.7 Å². The first-order valence-corrected chi connectivity index (χ1v) is 12.8. The number of ether oxygens (including phenoxy) is 1. The lowest BCUT2D eigenvalue weighted by Gasteiger charge is -2.29. The summed E-state index contributed by atoms with van der Waals surface area (Å²) in [6.45, 7) is 11.0. The van der Waals surface area contributed by atoms with Crippen molar-refractivity contribution in [2.24, 2.45) is 5.92 Å². The molecule has 1 saturated carbocycles. The van der Waals surface area contributed by atoms with E-state index in [2.05, 4.69) is 33.8 Å². The minimum atomic E-state index is -0.115. The molecule has 2 aromatic carbocycles. The molecule has 2 fully saturated rings. The lowest BCUT2D eigenvalue weighted by Crippen LogP contribution is -2.44. The summed E-state index contributed by atoms with van der Waals surface area (Å²) in [6.07, 6.45) is 6.51. The maximum absolute atomic E-state index is 14.3. The van der Waals surface area contributed by atoms with Gasteiger partial charge < -0.3 is 19.5 Å². The fourth-order valence-corrected chi connectivity index (χ4v) is 5.56. The van der Waals surface area contributed by atoms with Crippen LogP contribution in [-0.4, -0.2) is 42.3 Å². The average molecular weight is 465 g/mol. The Morgan fingerprint density at radius 3 is 2.41 bits per heavy atom. The lowest BCUT2D eigenvalue weighted by molar-refractivity contribution is 0.210. The number of fused-ring (bicyclic) bond motifs is 1. The Morgan fingerprint density at radius 2 is 1.71 bits per heavy atom.